The summed E-state index contributed by atoms with van der Waals surface area (Å²) in [5.41, 5.74) is 3.64. The molecule has 0 aliphatic heterocycles. The second-order valence-electron chi connectivity index (χ2n) is 8.58. The molecule has 0 spiro atoms. The first kappa shape index (κ1) is 15.7. The van der Waals surface area contributed by atoms with Crippen LogP contribution in [0.25, 0.3) is 0 Å². The summed E-state index contributed by atoms with van der Waals surface area (Å²) in [5.74, 6) is 1.88. The summed E-state index contributed by atoms with van der Waals surface area (Å²) in [5, 5.41) is 3.18. The van der Waals surface area contributed by atoms with E-state index in [4.69, 9.17) is 0 Å². The SMILES string of the molecule is Cc1cccc(NC(=O)CC23C[C@H]4C[C@@H](CC(Br)(C4)C2)C3)c1C. The Morgan fingerprint density at radius 3 is 2.57 bits per heavy atom. The van der Waals surface area contributed by atoms with Crippen LogP contribution in [-0.4, -0.2) is 10.2 Å². The third-order valence-corrected chi connectivity index (χ3v) is 7.45. The molecule has 0 saturated heterocycles. The predicted molar refractivity (Wildman–Crippen MR) is 97.9 cm³/mol. The highest BCUT2D eigenvalue weighted by atomic mass is 79.9. The Morgan fingerprint density at radius 2 is 1.91 bits per heavy atom. The fourth-order valence-corrected chi connectivity index (χ4v) is 7.47. The van der Waals surface area contributed by atoms with Crippen LogP contribution in [0, 0.1) is 31.1 Å². The van der Waals surface area contributed by atoms with Gasteiger partial charge in [0.1, 0.15) is 0 Å². The fraction of sp³-hybridized carbons (Fsp3) is 0.650. The number of anilines is 1. The van der Waals surface area contributed by atoms with Crippen molar-refractivity contribution in [2.45, 2.75) is 63.1 Å². The molecule has 0 radical (unpaired) electrons. The number of nitrogens with one attached hydrogen (secondary N) is 1. The number of carbonyl (C=O) groups is 1. The summed E-state index contributed by atoms with van der Waals surface area (Å²) in [6.07, 6.45) is 8.45. The molecular weight excluding hydrogens is 350 g/mol. The fourth-order valence-electron chi connectivity index (χ4n) is 5.96. The average molecular weight is 376 g/mol. The lowest BCUT2D eigenvalue weighted by atomic mass is 9.48. The Balaban J connectivity index is 1.50. The first-order chi connectivity index (χ1) is 10.9. The van der Waals surface area contributed by atoms with Gasteiger partial charge in [-0.3, -0.25) is 4.79 Å². The number of rotatable bonds is 3. The molecule has 4 saturated carbocycles. The molecule has 1 aromatic carbocycles. The molecule has 1 N–H and O–H groups in total. The van der Waals surface area contributed by atoms with E-state index in [2.05, 4.69) is 41.2 Å². The number of carbonyl (C=O) groups excluding carboxylic acids is 1. The van der Waals surface area contributed by atoms with Crippen molar-refractivity contribution < 1.29 is 4.79 Å². The van der Waals surface area contributed by atoms with Crippen LogP contribution in [-0.2, 0) is 4.79 Å². The van der Waals surface area contributed by atoms with Crippen LogP contribution in [0.1, 0.15) is 56.1 Å². The van der Waals surface area contributed by atoms with Crippen LogP contribution >= 0.6 is 15.9 Å². The molecule has 1 aromatic rings. The molecule has 0 heterocycles. The molecule has 2 nitrogen and oxygen atoms in total. The van der Waals surface area contributed by atoms with Crippen molar-refractivity contribution in [3.8, 4) is 0 Å². The molecule has 124 valence electrons. The molecule has 5 rings (SSSR count). The summed E-state index contributed by atoms with van der Waals surface area (Å²) < 4.78 is 0.330. The van der Waals surface area contributed by atoms with E-state index < -0.39 is 0 Å². The van der Waals surface area contributed by atoms with Gasteiger partial charge >= 0.3 is 0 Å². The average Bonchev–Trinajstić information content (AvgIpc) is 2.40. The van der Waals surface area contributed by atoms with Gasteiger partial charge in [0.05, 0.1) is 0 Å². The summed E-state index contributed by atoms with van der Waals surface area (Å²) in [7, 11) is 0. The molecule has 23 heavy (non-hydrogen) atoms. The number of halogens is 1. The van der Waals surface area contributed by atoms with Crippen molar-refractivity contribution in [1.82, 2.24) is 0 Å². The minimum absolute atomic E-state index is 0.205. The maximum absolute atomic E-state index is 12.7. The van der Waals surface area contributed by atoms with E-state index in [0.717, 1.165) is 17.5 Å². The highest BCUT2D eigenvalue weighted by Gasteiger charge is 2.57. The van der Waals surface area contributed by atoms with E-state index in [-0.39, 0.29) is 11.3 Å². The second kappa shape index (κ2) is 5.34. The molecule has 2 atom stereocenters. The van der Waals surface area contributed by atoms with Crippen molar-refractivity contribution >= 4 is 27.5 Å². The monoisotopic (exact) mass is 375 g/mol. The zero-order chi connectivity index (χ0) is 16.2. The number of alkyl halides is 1. The first-order valence-electron chi connectivity index (χ1n) is 8.92. The molecule has 3 heteroatoms. The minimum Gasteiger partial charge on any atom is -0.326 e. The van der Waals surface area contributed by atoms with Gasteiger partial charge in [0.25, 0.3) is 0 Å². The van der Waals surface area contributed by atoms with Crippen LogP contribution < -0.4 is 5.32 Å². The maximum atomic E-state index is 12.7. The molecule has 1 amide bonds. The van der Waals surface area contributed by atoms with Crippen LogP contribution in [0.5, 0.6) is 0 Å². The van der Waals surface area contributed by atoms with Gasteiger partial charge in [-0.25, -0.2) is 0 Å². The van der Waals surface area contributed by atoms with Gasteiger partial charge in [0.2, 0.25) is 5.91 Å². The normalized spacial score (nSPS) is 37.9. The lowest BCUT2D eigenvalue weighted by Gasteiger charge is -2.60. The first-order valence-corrected chi connectivity index (χ1v) is 9.71. The van der Waals surface area contributed by atoms with Crippen LogP contribution in [0.15, 0.2) is 18.2 Å². The molecule has 4 aliphatic carbocycles. The van der Waals surface area contributed by atoms with E-state index in [1.807, 2.05) is 12.1 Å². The number of benzene rings is 1. The van der Waals surface area contributed by atoms with Crippen LogP contribution in [0.3, 0.4) is 0 Å². The van der Waals surface area contributed by atoms with E-state index >= 15 is 0 Å². The Kier molecular flexibility index (Phi) is 3.64. The van der Waals surface area contributed by atoms with E-state index in [0.29, 0.717) is 10.7 Å². The van der Waals surface area contributed by atoms with Gasteiger partial charge in [-0.05, 0) is 86.8 Å². The zero-order valence-corrected chi connectivity index (χ0v) is 15.7. The van der Waals surface area contributed by atoms with Gasteiger partial charge in [0, 0.05) is 16.4 Å². The van der Waals surface area contributed by atoms with Gasteiger partial charge < -0.3 is 5.32 Å². The van der Waals surface area contributed by atoms with Gasteiger partial charge in [0.15, 0.2) is 0 Å². The van der Waals surface area contributed by atoms with Gasteiger partial charge in [-0.15, -0.1) is 0 Å². The molecule has 4 aliphatic rings. The molecule has 0 aromatic heterocycles. The Hall–Kier alpha value is -0.830. The zero-order valence-electron chi connectivity index (χ0n) is 14.1. The maximum Gasteiger partial charge on any atom is 0.224 e. The summed E-state index contributed by atoms with van der Waals surface area (Å²) in [4.78, 5) is 12.7. The molecule has 0 unspecified atom stereocenters. The van der Waals surface area contributed by atoms with Crippen molar-refractivity contribution in [2.24, 2.45) is 17.3 Å². The number of hydrogen-bond donors (Lipinski definition) is 1. The van der Waals surface area contributed by atoms with Gasteiger partial charge in [-0.1, -0.05) is 28.1 Å². The predicted octanol–water partition coefficient (Wildman–Crippen LogP) is 5.37. The third kappa shape index (κ3) is 2.86. The lowest BCUT2D eigenvalue weighted by molar-refractivity contribution is -0.123. The minimum atomic E-state index is 0.205. The number of aryl methyl sites for hydroxylation is 1. The van der Waals surface area contributed by atoms with Crippen molar-refractivity contribution in [2.75, 3.05) is 5.32 Å². The highest BCUT2D eigenvalue weighted by Crippen LogP contribution is 2.65. The molecule has 4 bridgehead atoms. The van der Waals surface area contributed by atoms with Crippen LogP contribution in [0.4, 0.5) is 5.69 Å². The Bertz CT molecular complexity index is 639. The topological polar surface area (TPSA) is 29.1 Å². The second-order valence-corrected chi connectivity index (χ2v) is 10.3. The summed E-state index contributed by atoms with van der Waals surface area (Å²) in [6, 6.07) is 6.14. The standard InChI is InChI=1S/C20H26BrNO/c1-13-4-3-5-17(14(13)2)22-18(23)11-19-7-15-6-16(8-19)10-20(21,9-15)12-19/h3-5,15-16H,6-12H2,1-2H3,(H,22,23)/t15-,16-,19?,20?/m1/s1. The summed E-state index contributed by atoms with van der Waals surface area (Å²) >= 11 is 4.04. The van der Waals surface area contributed by atoms with Gasteiger partial charge in [-0.2, -0.15) is 0 Å². The molecular formula is C20H26BrNO. The van der Waals surface area contributed by atoms with Crippen molar-refractivity contribution in [1.29, 1.82) is 0 Å². The number of hydrogen-bond acceptors (Lipinski definition) is 1. The quantitative estimate of drug-likeness (QED) is 0.707. The largest absolute Gasteiger partial charge is 0.326 e. The molecule has 4 fully saturated rings. The smallest absolute Gasteiger partial charge is 0.224 e. The third-order valence-electron chi connectivity index (χ3n) is 6.53. The van der Waals surface area contributed by atoms with E-state index in [9.17, 15) is 4.79 Å². The summed E-state index contributed by atoms with van der Waals surface area (Å²) in [6.45, 7) is 4.18. The van der Waals surface area contributed by atoms with Crippen molar-refractivity contribution in [3.05, 3.63) is 29.3 Å². The Morgan fingerprint density at radius 1 is 1.22 bits per heavy atom. The Labute approximate surface area is 147 Å². The van der Waals surface area contributed by atoms with E-state index in [1.165, 1.54) is 49.7 Å². The van der Waals surface area contributed by atoms with Crippen LogP contribution in [0.2, 0.25) is 0 Å². The highest BCUT2D eigenvalue weighted by molar-refractivity contribution is 9.10. The van der Waals surface area contributed by atoms with E-state index in [1.54, 1.807) is 0 Å². The van der Waals surface area contributed by atoms with Crippen molar-refractivity contribution in [3.63, 3.8) is 0 Å². The lowest BCUT2D eigenvalue weighted by Crippen LogP contribution is -2.53. The number of amides is 1.